The van der Waals surface area contributed by atoms with E-state index in [0.717, 1.165) is 12.0 Å². The van der Waals surface area contributed by atoms with Gasteiger partial charge in [-0.1, -0.05) is 61.9 Å². The second kappa shape index (κ2) is 9.08. The first-order valence-corrected chi connectivity index (χ1v) is 13.7. The fourth-order valence-corrected chi connectivity index (χ4v) is 9.38. The number of esters is 2. The minimum absolute atomic E-state index is 0.00290. The van der Waals surface area contributed by atoms with E-state index in [2.05, 4.69) is 29.5 Å². The standard InChI is InChI=1S/C27H35IO7/c1-6-22(33)35-27(21(32)13-34-15(3)29)14(2)9-18-23-19(28)11-16-10-17(30)7-8-25(16,4)24(23)20(31)12-26(18,27)5/h7-8,10,14,18-20,23-24,31H,6,9,11-13H2,1-5H3/t14-,18?,19-,20?,23?,24?,25+,26+,27+/m1/s1. The van der Waals surface area contributed by atoms with Crippen LogP contribution in [0.3, 0.4) is 0 Å². The highest BCUT2D eigenvalue weighted by molar-refractivity contribution is 14.1. The maximum Gasteiger partial charge on any atom is 0.306 e. The number of aliphatic hydroxyl groups is 1. The van der Waals surface area contributed by atoms with Crippen LogP contribution in [0.4, 0.5) is 0 Å². The highest BCUT2D eigenvalue weighted by Gasteiger charge is 2.73. The van der Waals surface area contributed by atoms with Crippen LogP contribution >= 0.6 is 22.6 Å². The van der Waals surface area contributed by atoms with Crippen LogP contribution in [0.15, 0.2) is 23.8 Å². The Morgan fingerprint density at radius 1 is 1.26 bits per heavy atom. The molecule has 4 rings (SSSR count). The number of halogens is 1. The van der Waals surface area contributed by atoms with Gasteiger partial charge in [0.2, 0.25) is 5.78 Å². The summed E-state index contributed by atoms with van der Waals surface area (Å²) in [5.74, 6) is -1.87. The molecule has 0 aromatic rings. The van der Waals surface area contributed by atoms with Crippen molar-refractivity contribution in [3.05, 3.63) is 23.8 Å². The largest absolute Gasteiger partial charge is 0.458 e. The molecule has 0 heterocycles. The van der Waals surface area contributed by atoms with E-state index in [4.69, 9.17) is 9.47 Å². The Labute approximate surface area is 220 Å². The molecule has 0 radical (unpaired) electrons. The van der Waals surface area contributed by atoms with Crippen molar-refractivity contribution in [1.29, 1.82) is 0 Å². The molecule has 0 amide bonds. The Morgan fingerprint density at radius 3 is 2.57 bits per heavy atom. The van der Waals surface area contributed by atoms with E-state index in [1.807, 2.05) is 19.9 Å². The van der Waals surface area contributed by atoms with Gasteiger partial charge >= 0.3 is 11.9 Å². The van der Waals surface area contributed by atoms with Gasteiger partial charge in [-0.2, -0.15) is 0 Å². The molecule has 4 aliphatic rings. The van der Waals surface area contributed by atoms with Crippen molar-refractivity contribution in [3.8, 4) is 0 Å². The number of ether oxygens (including phenoxy) is 2. The third-order valence-corrected chi connectivity index (χ3v) is 10.7. The first-order chi connectivity index (χ1) is 16.3. The van der Waals surface area contributed by atoms with Crippen LogP contribution in [0.25, 0.3) is 0 Å². The summed E-state index contributed by atoms with van der Waals surface area (Å²) in [5, 5.41) is 11.7. The van der Waals surface area contributed by atoms with Crippen molar-refractivity contribution in [1.82, 2.24) is 0 Å². The third-order valence-electron chi connectivity index (χ3n) is 9.41. The molecule has 9 atom stereocenters. The predicted octanol–water partition coefficient (Wildman–Crippen LogP) is 3.75. The van der Waals surface area contributed by atoms with Gasteiger partial charge < -0.3 is 14.6 Å². The molecule has 192 valence electrons. The van der Waals surface area contributed by atoms with Crippen molar-refractivity contribution < 1.29 is 33.8 Å². The Kier molecular flexibility index (Phi) is 6.88. The average Bonchev–Trinajstić information content (AvgIpc) is 2.99. The average molecular weight is 598 g/mol. The second-order valence-electron chi connectivity index (χ2n) is 11.2. The lowest BCUT2D eigenvalue weighted by Crippen LogP contribution is -2.65. The van der Waals surface area contributed by atoms with Crippen molar-refractivity contribution in [2.24, 2.45) is 34.5 Å². The van der Waals surface area contributed by atoms with Crippen LogP contribution in [-0.2, 0) is 28.7 Å². The summed E-state index contributed by atoms with van der Waals surface area (Å²) < 4.78 is 11.3. The third kappa shape index (κ3) is 3.85. The molecular weight excluding hydrogens is 563 g/mol. The molecule has 0 saturated heterocycles. The molecule has 1 N–H and O–H groups in total. The predicted molar refractivity (Wildman–Crippen MR) is 136 cm³/mol. The molecule has 3 fully saturated rings. The molecule has 0 aromatic carbocycles. The Balaban J connectivity index is 1.81. The first-order valence-electron chi connectivity index (χ1n) is 12.5. The molecule has 35 heavy (non-hydrogen) atoms. The molecule has 4 unspecified atom stereocenters. The number of hydrogen-bond acceptors (Lipinski definition) is 7. The van der Waals surface area contributed by atoms with Gasteiger partial charge in [0.15, 0.2) is 18.0 Å². The zero-order valence-corrected chi connectivity index (χ0v) is 23.2. The Bertz CT molecular complexity index is 1020. The molecule has 8 heteroatoms. The maximum absolute atomic E-state index is 13.8. The number of fused-ring (bicyclic) bond motifs is 5. The molecule has 0 bridgehead atoms. The fraction of sp³-hybridized carbons (Fsp3) is 0.704. The summed E-state index contributed by atoms with van der Waals surface area (Å²) >= 11 is 2.43. The zero-order valence-electron chi connectivity index (χ0n) is 21.0. The number of rotatable bonds is 5. The summed E-state index contributed by atoms with van der Waals surface area (Å²) in [6.45, 7) is 8.45. The van der Waals surface area contributed by atoms with Gasteiger partial charge in [0.1, 0.15) is 0 Å². The van der Waals surface area contributed by atoms with Crippen LogP contribution in [0.5, 0.6) is 0 Å². The molecule has 0 spiro atoms. The second-order valence-corrected chi connectivity index (χ2v) is 12.8. The normalized spacial score (nSPS) is 44.0. The van der Waals surface area contributed by atoms with Gasteiger partial charge in [-0.05, 0) is 43.3 Å². The topological polar surface area (TPSA) is 107 Å². The zero-order chi connectivity index (χ0) is 25.9. The number of carbonyl (C=O) groups is 4. The van der Waals surface area contributed by atoms with Crippen molar-refractivity contribution >= 4 is 46.1 Å². The highest BCUT2D eigenvalue weighted by atomic mass is 127. The number of ketones is 2. The van der Waals surface area contributed by atoms with Gasteiger partial charge in [-0.3, -0.25) is 19.2 Å². The molecule has 7 nitrogen and oxygen atoms in total. The Morgan fingerprint density at radius 2 is 1.94 bits per heavy atom. The summed E-state index contributed by atoms with van der Waals surface area (Å²) in [7, 11) is 0. The Hall–Kier alpha value is -1.55. The van der Waals surface area contributed by atoms with Gasteiger partial charge in [0, 0.05) is 39.9 Å². The van der Waals surface area contributed by atoms with Gasteiger partial charge in [0.25, 0.3) is 0 Å². The van der Waals surface area contributed by atoms with Gasteiger partial charge in [-0.15, -0.1) is 0 Å². The minimum Gasteiger partial charge on any atom is -0.458 e. The SMILES string of the molecule is CCC(=O)O[C@]1(C(=O)COC(C)=O)[C@H](C)CC2C3C(C(O)C[C@@]21C)[C@@]1(C)C=CC(=O)C=C1C[C@H]3I. The number of aliphatic hydroxyl groups excluding tert-OH is 1. The van der Waals surface area contributed by atoms with E-state index < -0.39 is 46.9 Å². The number of Topliss-reactive ketones (excluding diaryl/α,β-unsaturated/α-hetero) is 1. The van der Waals surface area contributed by atoms with Crippen molar-refractivity contribution in [2.45, 2.75) is 75.9 Å². The molecule has 4 aliphatic carbocycles. The lowest BCUT2D eigenvalue weighted by atomic mass is 9.46. The molecule has 3 saturated carbocycles. The number of alkyl halides is 1. The monoisotopic (exact) mass is 598 g/mol. The lowest BCUT2D eigenvalue weighted by Gasteiger charge is -2.61. The van der Waals surface area contributed by atoms with Crippen LogP contribution in [0.1, 0.15) is 60.3 Å². The summed E-state index contributed by atoms with van der Waals surface area (Å²) in [6, 6.07) is 0. The van der Waals surface area contributed by atoms with Crippen LogP contribution in [0, 0.1) is 34.5 Å². The number of carbonyl (C=O) groups excluding carboxylic acids is 4. The van der Waals surface area contributed by atoms with E-state index in [0.29, 0.717) is 6.42 Å². The van der Waals surface area contributed by atoms with E-state index in [1.54, 1.807) is 19.1 Å². The number of hydrogen-bond donors (Lipinski definition) is 1. The van der Waals surface area contributed by atoms with Gasteiger partial charge in [-0.25, -0.2) is 0 Å². The lowest BCUT2D eigenvalue weighted by molar-refractivity contribution is -0.205. The van der Waals surface area contributed by atoms with Crippen LogP contribution in [-0.4, -0.2) is 50.8 Å². The molecule has 0 aliphatic heterocycles. The van der Waals surface area contributed by atoms with Crippen LogP contribution in [0.2, 0.25) is 0 Å². The quantitative estimate of drug-likeness (QED) is 0.292. The maximum atomic E-state index is 13.8. The van der Waals surface area contributed by atoms with Crippen molar-refractivity contribution in [3.63, 3.8) is 0 Å². The smallest absolute Gasteiger partial charge is 0.306 e. The van der Waals surface area contributed by atoms with Gasteiger partial charge in [0.05, 0.1) is 6.10 Å². The summed E-state index contributed by atoms with van der Waals surface area (Å²) in [6.07, 6.45) is 6.28. The highest BCUT2D eigenvalue weighted by Crippen LogP contribution is 2.70. The van der Waals surface area contributed by atoms with E-state index >= 15 is 0 Å². The molecule has 0 aromatic heterocycles. The summed E-state index contributed by atoms with van der Waals surface area (Å²) in [5.41, 5.74) is -1.71. The van der Waals surface area contributed by atoms with Crippen LogP contribution < -0.4 is 0 Å². The summed E-state index contributed by atoms with van der Waals surface area (Å²) in [4.78, 5) is 50.1. The molecular formula is C27H35IO7. The van der Waals surface area contributed by atoms with Crippen molar-refractivity contribution in [2.75, 3.05) is 6.61 Å². The fourth-order valence-electron chi connectivity index (χ4n) is 7.96. The van der Waals surface area contributed by atoms with E-state index in [9.17, 15) is 24.3 Å². The minimum atomic E-state index is -1.49. The number of allylic oxidation sites excluding steroid dienone is 4. The first kappa shape index (κ1) is 26.5. The van der Waals surface area contributed by atoms with E-state index in [1.165, 1.54) is 6.92 Å². The van der Waals surface area contributed by atoms with E-state index in [-0.39, 0.29) is 46.2 Å².